The van der Waals surface area contributed by atoms with Crippen LogP contribution < -0.4 is 10.1 Å². The summed E-state index contributed by atoms with van der Waals surface area (Å²) in [6.45, 7) is 0.491. The summed E-state index contributed by atoms with van der Waals surface area (Å²) >= 11 is 0. The van der Waals surface area contributed by atoms with Crippen LogP contribution in [0.5, 0.6) is 5.75 Å². The molecule has 0 aromatic heterocycles. The normalized spacial score (nSPS) is 17.6. The van der Waals surface area contributed by atoms with E-state index < -0.39 is 6.61 Å². The van der Waals surface area contributed by atoms with Crippen molar-refractivity contribution < 1.29 is 23.0 Å². The van der Waals surface area contributed by atoms with Gasteiger partial charge in [0.25, 0.3) is 0 Å². The molecule has 1 N–H and O–H groups in total. The Bertz CT molecular complexity index is 815. The highest BCUT2D eigenvalue weighted by atomic mass is 19.3. The maximum atomic E-state index is 12.5. The number of nitrogens with one attached hydrogen (secondary N) is 1. The van der Waals surface area contributed by atoms with Crippen molar-refractivity contribution in [3.63, 3.8) is 0 Å². The molecular formula is C22H24F2N2O3. The van der Waals surface area contributed by atoms with Gasteiger partial charge in [-0.3, -0.25) is 9.69 Å². The molecule has 2 aromatic carbocycles. The molecule has 7 heteroatoms. The molecule has 1 fully saturated rings. The molecule has 1 aliphatic heterocycles. The van der Waals surface area contributed by atoms with E-state index in [0.29, 0.717) is 18.7 Å². The van der Waals surface area contributed by atoms with E-state index in [-0.39, 0.29) is 17.8 Å². The number of amides is 1. The zero-order valence-corrected chi connectivity index (χ0v) is 16.0. The lowest BCUT2D eigenvalue weighted by Crippen LogP contribution is -2.46. The maximum Gasteiger partial charge on any atom is 0.387 e. The number of carbonyl (C=O) groups excluding carboxylic acids is 1. The number of nitrogens with zero attached hydrogens (tertiary/aromatic N) is 1. The first-order valence-electron chi connectivity index (χ1n) is 9.48. The third kappa shape index (κ3) is 6.96. The number of halogens is 2. The first-order chi connectivity index (χ1) is 14.1. The molecule has 0 saturated carbocycles. The number of benzene rings is 2. The van der Waals surface area contributed by atoms with Crippen molar-refractivity contribution in [3.8, 4) is 5.75 Å². The summed E-state index contributed by atoms with van der Waals surface area (Å²) in [4.78, 5) is 14.4. The first-order valence-corrected chi connectivity index (χ1v) is 9.48. The van der Waals surface area contributed by atoms with Gasteiger partial charge >= 0.3 is 6.61 Å². The quantitative estimate of drug-likeness (QED) is 0.689. The zero-order chi connectivity index (χ0) is 20.5. The third-order valence-corrected chi connectivity index (χ3v) is 4.53. The summed E-state index contributed by atoms with van der Waals surface area (Å²) < 4.78 is 35.1. The Hall–Kier alpha value is -2.77. The highest BCUT2D eigenvalue weighted by Crippen LogP contribution is 2.21. The Morgan fingerprint density at radius 1 is 1.21 bits per heavy atom. The van der Waals surface area contributed by atoms with Crippen LogP contribution in [-0.2, 0) is 16.1 Å². The average Bonchev–Trinajstić information content (AvgIpc) is 2.72. The molecule has 29 heavy (non-hydrogen) atoms. The van der Waals surface area contributed by atoms with Gasteiger partial charge in [0, 0.05) is 37.8 Å². The van der Waals surface area contributed by atoms with Crippen LogP contribution in [0.4, 0.5) is 8.78 Å². The molecule has 0 aliphatic carbocycles. The van der Waals surface area contributed by atoms with Crippen LogP contribution >= 0.6 is 0 Å². The second-order valence-electron chi connectivity index (χ2n) is 6.71. The number of ether oxygens (including phenoxy) is 2. The molecule has 3 rings (SSSR count). The molecule has 1 heterocycles. The smallest absolute Gasteiger partial charge is 0.387 e. The monoisotopic (exact) mass is 402 g/mol. The summed E-state index contributed by atoms with van der Waals surface area (Å²) in [5.74, 6) is -0.292. The first kappa shape index (κ1) is 21.0. The molecule has 5 nitrogen and oxygen atoms in total. The summed E-state index contributed by atoms with van der Waals surface area (Å²) in [6.07, 6.45) is 2.66. The lowest BCUT2D eigenvalue weighted by molar-refractivity contribution is -0.117. The maximum absolute atomic E-state index is 12.5. The summed E-state index contributed by atoms with van der Waals surface area (Å²) in [5, 5.41) is 2.80. The number of morpholine rings is 1. The minimum Gasteiger partial charge on any atom is -0.434 e. The number of hydrogen-bond acceptors (Lipinski definition) is 4. The summed E-state index contributed by atoms with van der Waals surface area (Å²) in [6, 6.07) is 16.5. The van der Waals surface area contributed by atoms with Crippen LogP contribution in [0, 0.1) is 0 Å². The molecule has 1 saturated heterocycles. The van der Waals surface area contributed by atoms with Gasteiger partial charge < -0.3 is 14.8 Å². The molecule has 0 bridgehead atoms. The summed E-state index contributed by atoms with van der Waals surface area (Å²) in [5.41, 5.74) is 1.65. The van der Waals surface area contributed by atoms with Gasteiger partial charge in [0.15, 0.2) is 0 Å². The fourth-order valence-electron chi connectivity index (χ4n) is 3.15. The van der Waals surface area contributed by atoms with Gasteiger partial charge in [0.2, 0.25) is 5.91 Å². The lowest BCUT2D eigenvalue weighted by Gasteiger charge is -2.33. The number of hydrogen-bond donors (Lipinski definition) is 1. The minimum atomic E-state index is -2.92. The molecule has 2 aromatic rings. The van der Waals surface area contributed by atoms with Crippen molar-refractivity contribution >= 4 is 12.0 Å². The van der Waals surface area contributed by atoms with E-state index >= 15 is 0 Å². The average molecular weight is 402 g/mol. The van der Waals surface area contributed by atoms with Gasteiger partial charge in [0.1, 0.15) is 5.75 Å². The molecule has 154 valence electrons. The van der Waals surface area contributed by atoms with E-state index in [1.165, 1.54) is 23.8 Å². The molecular weight excluding hydrogens is 378 g/mol. The molecule has 1 atom stereocenters. The van der Waals surface area contributed by atoms with Crippen molar-refractivity contribution in [2.24, 2.45) is 0 Å². The van der Waals surface area contributed by atoms with Crippen LogP contribution in [0.3, 0.4) is 0 Å². The van der Waals surface area contributed by atoms with Crippen molar-refractivity contribution in [3.05, 3.63) is 71.8 Å². The van der Waals surface area contributed by atoms with Crippen LogP contribution in [0.25, 0.3) is 6.08 Å². The van der Waals surface area contributed by atoms with E-state index in [1.54, 1.807) is 18.2 Å². The van der Waals surface area contributed by atoms with Crippen molar-refractivity contribution in [1.82, 2.24) is 10.2 Å². The van der Waals surface area contributed by atoms with Crippen molar-refractivity contribution in [2.75, 3.05) is 26.2 Å². The second-order valence-corrected chi connectivity index (χ2v) is 6.71. The SMILES string of the molecule is O=C(/C=C/c1ccccc1OC(F)F)NCC1CN(Cc2ccccc2)CCO1. The predicted molar refractivity (Wildman–Crippen MR) is 107 cm³/mol. The molecule has 1 aliphatic rings. The van der Waals surface area contributed by atoms with Crippen LogP contribution in [0.2, 0.25) is 0 Å². The van der Waals surface area contributed by atoms with Gasteiger partial charge in [-0.2, -0.15) is 8.78 Å². The highest BCUT2D eigenvalue weighted by Gasteiger charge is 2.20. The Kier molecular flexibility index (Phi) is 7.72. The Balaban J connectivity index is 1.47. The summed E-state index contributed by atoms with van der Waals surface area (Å²) in [7, 11) is 0. The van der Waals surface area contributed by atoms with E-state index in [2.05, 4.69) is 27.1 Å². The van der Waals surface area contributed by atoms with Gasteiger partial charge in [0.05, 0.1) is 12.7 Å². The molecule has 0 radical (unpaired) electrons. The number of alkyl halides is 2. The van der Waals surface area contributed by atoms with E-state index in [1.807, 2.05) is 18.2 Å². The van der Waals surface area contributed by atoms with Crippen LogP contribution in [0.15, 0.2) is 60.7 Å². The largest absolute Gasteiger partial charge is 0.434 e. The van der Waals surface area contributed by atoms with Crippen LogP contribution in [0.1, 0.15) is 11.1 Å². The zero-order valence-electron chi connectivity index (χ0n) is 16.0. The topological polar surface area (TPSA) is 50.8 Å². The highest BCUT2D eigenvalue weighted by molar-refractivity contribution is 5.92. The predicted octanol–water partition coefficient (Wildman–Crippen LogP) is 3.32. The van der Waals surface area contributed by atoms with Crippen LogP contribution in [-0.4, -0.2) is 49.8 Å². The third-order valence-electron chi connectivity index (χ3n) is 4.53. The second kappa shape index (κ2) is 10.7. The number of para-hydroxylation sites is 1. The van der Waals surface area contributed by atoms with E-state index in [9.17, 15) is 13.6 Å². The number of carbonyl (C=O) groups is 1. The molecule has 1 amide bonds. The molecule has 0 spiro atoms. The van der Waals surface area contributed by atoms with Gasteiger partial charge in [-0.05, 0) is 17.7 Å². The Morgan fingerprint density at radius 2 is 1.97 bits per heavy atom. The minimum absolute atomic E-state index is 0.0266. The lowest BCUT2D eigenvalue weighted by atomic mass is 10.2. The van der Waals surface area contributed by atoms with Gasteiger partial charge in [-0.25, -0.2) is 0 Å². The van der Waals surface area contributed by atoms with E-state index in [4.69, 9.17) is 4.74 Å². The fraction of sp³-hybridized carbons (Fsp3) is 0.318. The van der Waals surface area contributed by atoms with E-state index in [0.717, 1.165) is 19.6 Å². The van der Waals surface area contributed by atoms with Gasteiger partial charge in [-0.1, -0.05) is 48.5 Å². The standard InChI is InChI=1S/C22H24F2N2O3/c23-22(24)29-20-9-5-4-8-18(20)10-11-21(27)25-14-19-16-26(12-13-28-19)15-17-6-2-1-3-7-17/h1-11,19,22H,12-16H2,(H,25,27)/b11-10+. The molecule has 1 unspecified atom stereocenters. The number of rotatable bonds is 8. The van der Waals surface area contributed by atoms with Crippen molar-refractivity contribution in [1.29, 1.82) is 0 Å². The fourth-order valence-corrected chi connectivity index (χ4v) is 3.15. The Morgan fingerprint density at radius 3 is 2.76 bits per heavy atom. The van der Waals surface area contributed by atoms with Gasteiger partial charge in [-0.15, -0.1) is 0 Å². The van der Waals surface area contributed by atoms with Crippen molar-refractivity contribution in [2.45, 2.75) is 19.3 Å². The Labute approximate surface area is 168 Å².